The zero-order valence-corrected chi connectivity index (χ0v) is 17.9. The van der Waals surface area contributed by atoms with Gasteiger partial charge >= 0.3 is 6.03 Å². The number of imide groups is 1. The second-order valence-corrected chi connectivity index (χ2v) is 6.43. The molecule has 3 amide bonds. The van der Waals surface area contributed by atoms with Gasteiger partial charge in [0.15, 0.2) is 5.96 Å². The zero-order chi connectivity index (χ0) is 18.4. The predicted molar refractivity (Wildman–Crippen MR) is 115 cm³/mol. The molecule has 0 radical (unpaired) electrons. The van der Waals surface area contributed by atoms with Gasteiger partial charge in [0, 0.05) is 52.9 Å². The van der Waals surface area contributed by atoms with Crippen molar-refractivity contribution in [3.8, 4) is 0 Å². The number of benzene rings is 1. The van der Waals surface area contributed by atoms with Crippen molar-refractivity contribution in [3.05, 3.63) is 35.9 Å². The van der Waals surface area contributed by atoms with Crippen LogP contribution in [0, 0.1) is 0 Å². The Balaban J connectivity index is 0.00000261. The van der Waals surface area contributed by atoms with Crippen LogP contribution in [0.1, 0.15) is 5.56 Å². The first-order valence-electron chi connectivity index (χ1n) is 8.97. The van der Waals surface area contributed by atoms with E-state index in [0.29, 0.717) is 13.1 Å². The van der Waals surface area contributed by atoms with E-state index in [0.717, 1.165) is 38.7 Å². The lowest BCUT2D eigenvalue weighted by atomic mass is 10.2. The van der Waals surface area contributed by atoms with Crippen molar-refractivity contribution < 1.29 is 9.59 Å². The van der Waals surface area contributed by atoms with Crippen LogP contribution in [-0.2, 0) is 11.3 Å². The van der Waals surface area contributed by atoms with Crippen LogP contribution >= 0.6 is 24.0 Å². The van der Waals surface area contributed by atoms with E-state index < -0.39 is 0 Å². The van der Waals surface area contributed by atoms with E-state index in [4.69, 9.17) is 0 Å². The van der Waals surface area contributed by atoms with Crippen molar-refractivity contribution in [1.29, 1.82) is 0 Å². The highest BCUT2D eigenvalue weighted by molar-refractivity contribution is 14.0. The Hall–Kier alpha value is -1.88. The summed E-state index contributed by atoms with van der Waals surface area (Å²) >= 11 is 0. The van der Waals surface area contributed by atoms with Crippen LogP contribution in [-0.4, -0.2) is 85.5 Å². The van der Waals surface area contributed by atoms with E-state index >= 15 is 0 Å². The molecular weight excluding hydrogens is 459 g/mol. The Morgan fingerprint density at radius 3 is 2.44 bits per heavy atom. The number of nitrogens with zero attached hydrogens (tertiary/aromatic N) is 4. The Labute approximate surface area is 177 Å². The zero-order valence-electron chi connectivity index (χ0n) is 15.6. The van der Waals surface area contributed by atoms with E-state index in [1.807, 2.05) is 6.07 Å². The van der Waals surface area contributed by atoms with Gasteiger partial charge in [-0.1, -0.05) is 30.3 Å². The number of amides is 3. The highest BCUT2D eigenvalue weighted by Crippen LogP contribution is 2.08. The minimum absolute atomic E-state index is 0. The maximum Gasteiger partial charge on any atom is 0.324 e. The fourth-order valence-corrected chi connectivity index (χ4v) is 3.25. The van der Waals surface area contributed by atoms with Gasteiger partial charge in [0.2, 0.25) is 5.91 Å². The van der Waals surface area contributed by atoms with Crippen molar-refractivity contribution in [2.45, 2.75) is 6.54 Å². The molecule has 8 nitrogen and oxygen atoms in total. The highest BCUT2D eigenvalue weighted by Gasteiger charge is 2.28. The van der Waals surface area contributed by atoms with Gasteiger partial charge in [0.1, 0.15) is 0 Å². The number of rotatable bonds is 5. The molecule has 1 aromatic rings. The standard InChI is InChI=1S/C18H26N6O2.HI/c1-19-17(20-7-8-24-16(25)13-21-18(24)26)23-11-9-22(10-12-23)14-15-5-3-2-4-6-15;/h2-6H,7-14H2,1H3,(H,19,20)(H,21,26);1H. The third-order valence-electron chi connectivity index (χ3n) is 4.69. The molecule has 2 N–H and O–H groups in total. The van der Waals surface area contributed by atoms with Crippen LogP contribution in [0.4, 0.5) is 4.79 Å². The van der Waals surface area contributed by atoms with Crippen molar-refractivity contribution in [2.24, 2.45) is 4.99 Å². The first kappa shape index (κ1) is 21.4. The average Bonchev–Trinajstić information content (AvgIpc) is 2.99. The van der Waals surface area contributed by atoms with Gasteiger partial charge < -0.3 is 15.5 Å². The monoisotopic (exact) mass is 486 g/mol. The van der Waals surface area contributed by atoms with Gasteiger partial charge in [-0.05, 0) is 5.56 Å². The largest absolute Gasteiger partial charge is 0.354 e. The molecule has 0 spiro atoms. The topological polar surface area (TPSA) is 80.3 Å². The van der Waals surface area contributed by atoms with E-state index in [1.165, 1.54) is 10.5 Å². The number of guanidine groups is 1. The van der Waals surface area contributed by atoms with Crippen molar-refractivity contribution in [1.82, 2.24) is 25.3 Å². The summed E-state index contributed by atoms with van der Waals surface area (Å²) in [5.74, 6) is 0.637. The normalized spacial score (nSPS) is 18.3. The summed E-state index contributed by atoms with van der Waals surface area (Å²) in [5, 5.41) is 5.78. The van der Waals surface area contributed by atoms with E-state index in [1.54, 1.807) is 7.05 Å². The molecule has 27 heavy (non-hydrogen) atoms. The number of hydrogen-bond acceptors (Lipinski definition) is 4. The summed E-state index contributed by atoms with van der Waals surface area (Å²) in [5.41, 5.74) is 1.33. The quantitative estimate of drug-likeness (QED) is 0.275. The van der Waals surface area contributed by atoms with E-state index in [-0.39, 0.29) is 42.5 Å². The number of carbonyl (C=O) groups is 2. The van der Waals surface area contributed by atoms with E-state index in [2.05, 4.69) is 49.7 Å². The Morgan fingerprint density at radius 1 is 1.15 bits per heavy atom. The number of urea groups is 1. The van der Waals surface area contributed by atoms with Crippen LogP contribution in [0.2, 0.25) is 0 Å². The molecule has 2 saturated heterocycles. The summed E-state index contributed by atoms with van der Waals surface area (Å²) in [7, 11) is 1.76. The lowest BCUT2D eigenvalue weighted by Crippen LogP contribution is -2.53. The Bertz CT molecular complexity index is 645. The molecule has 2 fully saturated rings. The molecule has 3 rings (SSSR count). The third-order valence-corrected chi connectivity index (χ3v) is 4.69. The number of nitrogens with one attached hydrogen (secondary N) is 2. The molecule has 0 atom stereocenters. The maximum absolute atomic E-state index is 11.6. The predicted octanol–water partition coefficient (Wildman–Crippen LogP) is 0.549. The summed E-state index contributed by atoms with van der Waals surface area (Å²) < 4.78 is 0. The number of piperazine rings is 1. The summed E-state index contributed by atoms with van der Waals surface area (Å²) in [4.78, 5) is 33.3. The number of aliphatic imine (C=N–C) groups is 1. The first-order chi connectivity index (χ1) is 12.7. The number of carbonyl (C=O) groups excluding carboxylic acids is 2. The van der Waals surface area contributed by atoms with Gasteiger partial charge in [0.25, 0.3) is 0 Å². The van der Waals surface area contributed by atoms with Crippen molar-refractivity contribution in [2.75, 3.05) is 52.9 Å². The first-order valence-corrected chi connectivity index (χ1v) is 8.97. The number of halogens is 1. The molecule has 0 unspecified atom stereocenters. The second-order valence-electron chi connectivity index (χ2n) is 6.43. The molecule has 2 heterocycles. The molecule has 2 aliphatic heterocycles. The lowest BCUT2D eigenvalue weighted by molar-refractivity contribution is -0.124. The smallest absolute Gasteiger partial charge is 0.324 e. The molecule has 148 valence electrons. The molecule has 0 aromatic heterocycles. The van der Waals surface area contributed by atoms with Gasteiger partial charge in [-0.15, -0.1) is 24.0 Å². The van der Waals surface area contributed by atoms with Crippen LogP contribution in [0.25, 0.3) is 0 Å². The van der Waals surface area contributed by atoms with Gasteiger partial charge in [0.05, 0.1) is 6.54 Å². The minimum Gasteiger partial charge on any atom is -0.354 e. The lowest BCUT2D eigenvalue weighted by Gasteiger charge is -2.36. The fourth-order valence-electron chi connectivity index (χ4n) is 3.25. The molecular formula is C18H27IN6O2. The molecule has 0 saturated carbocycles. The molecule has 9 heteroatoms. The average molecular weight is 486 g/mol. The van der Waals surface area contributed by atoms with Crippen LogP contribution in [0.3, 0.4) is 0 Å². The Morgan fingerprint density at radius 2 is 1.85 bits per heavy atom. The summed E-state index contributed by atoms with van der Waals surface area (Å²) in [6, 6.07) is 10.2. The van der Waals surface area contributed by atoms with E-state index in [9.17, 15) is 9.59 Å². The second kappa shape index (κ2) is 10.5. The van der Waals surface area contributed by atoms with Gasteiger partial charge in [-0.3, -0.25) is 19.6 Å². The van der Waals surface area contributed by atoms with Gasteiger partial charge in [-0.2, -0.15) is 0 Å². The minimum atomic E-state index is -0.318. The molecule has 1 aromatic carbocycles. The van der Waals surface area contributed by atoms with Crippen LogP contribution in [0.15, 0.2) is 35.3 Å². The molecule has 0 bridgehead atoms. The highest BCUT2D eigenvalue weighted by atomic mass is 127. The maximum atomic E-state index is 11.6. The molecule has 2 aliphatic rings. The summed E-state index contributed by atoms with van der Waals surface area (Å²) in [6.45, 7) is 5.65. The fraction of sp³-hybridized carbons (Fsp3) is 0.500. The SMILES string of the molecule is CN=C(NCCN1C(=O)CNC1=O)N1CCN(Cc2ccccc2)CC1.I. The Kier molecular flexibility index (Phi) is 8.29. The number of hydrogen-bond donors (Lipinski definition) is 2. The van der Waals surface area contributed by atoms with Crippen LogP contribution < -0.4 is 10.6 Å². The molecule has 0 aliphatic carbocycles. The third kappa shape index (κ3) is 5.80. The van der Waals surface area contributed by atoms with Crippen LogP contribution in [0.5, 0.6) is 0 Å². The van der Waals surface area contributed by atoms with Crippen molar-refractivity contribution in [3.63, 3.8) is 0 Å². The van der Waals surface area contributed by atoms with Crippen molar-refractivity contribution >= 4 is 41.9 Å². The summed E-state index contributed by atoms with van der Waals surface area (Å²) in [6.07, 6.45) is 0. The van der Waals surface area contributed by atoms with Gasteiger partial charge in [-0.25, -0.2) is 4.79 Å².